The lowest BCUT2D eigenvalue weighted by atomic mass is 10.1. The normalized spacial score (nSPS) is 11.2. The molecule has 0 aromatic heterocycles. The molecule has 0 fully saturated rings. The van der Waals surface area contributed by atoms with Crippen LogP contribution >= 0.6 is 11.6 Å². The van der Waals surface area contributed by atoms with Gasteiger partial charge < -0.3 is 14.8 Å². The zero-order chi connectivity index (χ0) is 15.1. The summed E-state index contributed by atoms with van der Waals surface area (Å²) in [6.07, 6.45) is 1.23. The Hall–Kier alpha value is -0.930. The Morgan fingerprint density at radius 1 is 1.20 bits per heavy atom. The Bertz CT molecular complexity index is 419. The Balaban J connectivity index is 2.72. The minimum atomic E-state index is 0.0661. The third-order valence-corrected chi connectivity index (χ3v) is 3.15. The van der Waals surface area contributed by atoms with Crippen molar-refractivity contribution in [2.24, 2.45) is 5.92 Å². The van der Waals surface area contributed by atoms with Gasteiger partial charge in [0.15, 0.2) is 11.5 Å². The van der Waals surface area contributed by atoms with Crippen molar-refractivity contribution >= 4 is 11.6 Å². The van der Waals surface area contributed by atoms with Gasteiger partial charge in [-0.05, 0) is 50.4 Å². The monoisotopic (exact) mass is 299 g/mol. The van der Waals surface area contributed by atoms with Crippen LogP contribution in [0.15, 0.2) is 12.1 Å². The first-order valence-corrected chi connectivity index (χ1v) is 7.55. The van der Waals surface area contributed by atoms with Crippen LogP contribution in [0.4, 0.5) is 0 Å². The van der Waals surface area contributed by atoms with Gasteiger partial charge in [-0.2, -0.15) is 0 Å². The molecule has 0 atom stereocenters. The summed E-state index contributed by atoms with van der Waals surface area (Å²) < 4.78 is 11.1. The molecule has 1 aromatic rings. The van der Waals surface area contributed by atoms with E-state index in [1.165, 1.54) is 6.42 Å². The van der Waals surface area contributed by atoms with Crippen LogP contribution in [-0.4, -0.2) is 19.8 Å². The number of nitrogens with one attached hydrogen (secondary N) is 1. The van der Waals surface area contributed by atoms with Crippen LogP contribution in [0.1, 0.15) is 39.7 Å². The van der Waals surface area contributed by atoms with Crippen molar-refractivity contribution in [1.82, 2.24) is 5.32 Å². The van der Waals surface area contributed by atoms with Gasteiger partial charge in [0, 0.05) is 6.54 Å². The predicted molar refractivity (Wildman–Crippen MR) is 84.9 cm³/mol. The topological polar surface area (TPSA) is 30.5 Å². The highest BCUT2D eigenvalue weighted by Gasteiger charge is 2.13. The molecule has 0 aliphatic heterocycles. The molecule has 0 saturated heterocycles. The Labute approximate surface area is 127 Å². The van der Waals surface area contributed by atoms with Crippen molar-refractivity contribution in [3.05, 3.63) is 22.7 Å². The van der Waals surface area contributed by atoms with E-state index in [9.17, 15) is 0 Å². The fourth-order valence-electron chi connectivity index (χ4n) is 1.85. The molecule has 0 bridgehead atoms. The standard InChI is InChI=1S/C16H26ClNO2/c1-11(2)6-7-18-10-13-8-14(17)16(20-12(3)4)15(9-13)19-5/h8-9,11-12,18H,6-7,10H2,1-5H3. The first kappa shape index (κ1) is 17.1. The number of methoxy groups -OCH3 is 1. The molecule has 0 aliphatic carbocycles. The summed E-state index contributed by atoms with van der Waals surface area (Å²) in [5, 5.41) is 4.01. The van der Waals surface area contributed by atoms with Crippen molar-refractivity contribution < 1.29 is 9.47 Å². The van der Waals surface area contributed by atoms with Crippen molar-refractivity contribution in [2.45, 2.75) is 46.8 Å². The molecule has 20 heavy (non-hydrogen) atoms. The Morgan fingerprint density at radius 2 is 1.90 bits per heavy atom. The van der Waals surface area contributed by atoms with E-state index in [-0.39, 0.29) is 6.10 Å². The maximum atomic E-state index is 6.29. The summed E-state index contributed by atoms with van der Waals surface area (Å²) >= 11 is 6.29. The van der Waals surface area contributed by atoms with Crippen molar-refractivity contribution in [3.63, 3.8) is 0 Å². The molecule has 1 N–H and O–H groups in total. The Morgan fingerprint density at radius 3 is 2.45 bits per heavy atom. The van der Waals surface area contributed by atoms with Crippen LogP contribution in [0.3, 0.4) is 0 Å². The number of ether oxygens (including phenoxy) is 2. The van der Waals surface area contributed by atoms with Crippen LogP contribution in [0.5, 0.6) is 11.5 Å². The molecule has 0 aliphatic rings. The lowest BCUT2D eigenvalue weighted by Gasteiger charge is -2.16. The molecule has 0 spiro atoms. The quantitative estimate of drug-likeness (QED) is 0.727. The highest BCUT2D eigenvalue weighted by molar-refractivity contribution is 6.32. The van der Waals surface area contributed by atoms with Crippen molar-refractivity contribution in [3.8, 4) is 11.5 Å². The highest BCUT2D eigenvalue weighted by Crippen LogP contribution is 2.37. The second-order valence-electron chi connectivity index (χ2n) is 5.63. The van der Waals surface area contributed by atoms with Crippen LogP contribution in [-0.2, 0) is 6.54 Å². The van der Waals surface area contributed by atoms with E-state index in [4.69, 9.17) is 21.1 Å². The summed E-state index contributed by atoms with van der Waals surface area (Å²) in [5.74, 6) is 2.02. The Kier molecular flexibility index (Phi) is 7.17. The zero-order valence-electron chi connectivity index (χ0n) is 13.1. The van der Waals surface area contributed by atoms with E-state index in [1.807, 2.05) is 26.0 Å². The van der Waals surface area contributed by atoms with E-state index in [0.29, 0.717) is 22.4 Å². The molecular formula is C16H26ClNO2. The van der Waals surface area contributed by atoms with E-state index < -0.39 is 0 Å². The minimum Gasteiger partial charge on any atom is -0.493 e. The lowest BCUT2D eigenvalue weighted by Crippen LogP contribution is -2.16. The van der Waals surface area contributed by atoms with E-state index in [2.05, 4.69) is 19.2 Å². The molecule has 0 radical (unpaired) electrons. The van der Waals surface area contributed by atoms with Gasteiger partial charge in [-0.1, -0.05) is 25.4 Å². The van der Waals surface area contributed by atoms with Gasteiger partial charge in [0.1, 0.15) is 0 Å². The third kappa shape index (κ3) is 5.59. The van der Waals surface area contributed by atoms with Crippen molar-refractivity contribution in [2.75, 3.05) is 13.7 Å². The smallest absolute Gasteiger partial charge is 0.180 e. The minimum absolute atomic E-state index is 0.0661. The van der Waals surface area contributed by atoms with E-state index in [0.717, 1.165) is 18.7 Å². The molecule has 1 rings (SSSR count). The molecule has 0 heterocycles. The van der Waals surface area contributed by atoms with Gasteiger partial charge in [0.25, 0.3) is 0 Å². The molecule has 3 nitrogen and oxygen atoms in total. The zero-order valence-corrected chi connectivity index (χ0v) is 13.9. The highest BCUT2D eigenvalue weighted by atomic mass is 35.5. The first-order valence-electron chi connectivity index (χ1n) is 7.17. The van der Waals surface area contributed by atoms with Crippen molar-refractivity contribution in [1.29, 1.82) is 0 Å². The summed E-state index contributed by atoms with van der Waals surface area (Å²) in [6.45, 7) is 10.2. The average molecular weight is 300 g/mol. The van der Waals surface area contributed by atoms with Crippen LogP contribution < -0.4 is 14.8 Å². The van der Waals surface area contributed by atoms with E-state index >= 15 is 0 Å². The maximum Gasteiger partial charge on any atom is 0.180 e. The third-order valence-electron chi connectivity index (χ3n) is 2.87. The number of hydrogen-bond acceptors (Lipinski definition) is 3. The average Bonchev–Trinajstić information content (AvgIpc) is 2.36. The number of hydrogen-bond donors (Lipinski definition) is 1. The second kappa shape index (κ2) is 8.38. The molecule has 114 valence electrons. The number of halogens is 1. The van der Waals surface area contributed by atoms with Crippen LogP contribution in [0.25, 0.3) is 0 Å². The molecule has 4 heteroatoms. The number of rotatable bonds is 8. The largest absolute Gasteiger partial charge is 0.493 e. The lowest BCUT2D eigenvalue weighted by molar-refractivity contribution is 0.230. The summed E-state index contributed by atoms with van der Waals surface area (Å²) in [7, 11) is 1.63. The predicted octanol–water partition coefficient (Wildman–Crippen LogP) is 4.27. The maximum absolute atomic E-state index is 6.29. The van der Waals surface area contributed by atoms with Gasteiger partial charge in [-0.15, -0.1) is 0 Å². The van der Waals surface area contributed by atoms with Gasteiger partial charge in [-0.25, -0.2) is 0 Å². The van der Waals surface area contributed by atoms with Crippen LogP contribution in [0.2, 0.25) is 5.02 Å². The second-order valence-corrected chi connectivity index (χ2v) is 6.04. The molecule has 0 amide bonds. The molecule has 1 aromatic carbocycles. The van der Waals surface area contributed by atoms with Gasteiger partial charge in [-0.3, -0.25) is 0 Å². The SMILES string of the molecule is COc1cc(CNCCC(C)C)cc(Cl)c1OC(C)C. The van der Waals surface area contributed by atoms with Gasteiger partial charge in [0.2, 0.25) is 0 Å². The van der Waals surface area contributed by atoms with Crippen LogP contribution in [0, 0.1) is 5.92 Å². The molecule has 0 unspecified atom stereocenters. The first-order chi connectivity index (χ1) is 9.43. The summed E-state index contributed by atoms with van der Waals surface area (Å²) in [6, 6.07) is 3.91. The summed E-state index contributed by atoms with van der Waals surface area (Å²) in [5.41, 5.74) is 1.10. The fraction of sp³-hybridized carbons (Fsp3) is 0.625. The molecular weight excluding hydrogens is 274 g/mol. The van der Waals surface area contributed by atoms with E-state index in [1.54, 1.807) is 7.11 Å². The fourth-order valence-corrected chi connectivity index (χ4v) is 2.13. The number of benzene rings is 1. The van der Waals surface area contributed by atoms with Gasteiger partial charge >= 0.3 is 0 Å². The van der Waals surface area contributed by atoms with Gasteiger partial charge in [0.05, 0.1) is 18.2 Å². The summed E-state index contributed by atoms with van der Waals surface area (Å²) in [4.78, 5) is 0. The molecule has 0 saturated carbocycles.